The molecule has 1 rings (SSSR count). The number of hydrogen-bond donors (Lipinski definition) is 2. The Hall–Kier alpha value is -1.26. The van der Waals surface area contributed by atoms with Crippen LogP contribution in [-0.4, -0.2) is 41.6 Å². The third-order valence-electron chi connectivity index (χ3n) is 4.74. The highest BCUT2D eigenvalue weighted by Gasteiger charge is 2.28. The molecule has 21 heavy (non-hydrogen) atoms. The number of aliphatic carboxylic acids is 1. The SMILES string of the molecule is CCC(CC)CNC(=O)N1CCCC(C(C)CC(=O)O)C1. The van der Waals surface area contributed by atoms with Crippen LogP contribution in [0.1, 0.15) is 52.9 Å². The number of carbonyl (C=O) groups excluding carboxylic acids is 1. The molecule has 2 N–H and O–H groups in total. The molecule has 0 spiro atoms. The van der Waals surface area contributed by atoms with Crippen molar-refractivity contribution in [1.82, 2.24) is 10.2 Å². The average Bonchev–Trinajstić information content (AvgIpc) is 2.47. The highest BCUT2D eigenvalue weighted by molar-refractivity contribution is 5.74. The summed E-state index contributed by atoms with van der Waals surface area (Å²) in [6.45, 7) is 8.46. The fourth-order valence-electron chi connectivity index (χ4n) is 3.02. The number of likely N-dealkylation sites (tertiary alicyclic amines) is 1. The molecule has 0 bridgehead atoms. The van der Waals surface area contributed by atoms with Crippen LogP contribution in [0.15, 0.2) is 0 Å². The highest BCUT2D eigenvalue weighted by Crippen LogP contribution is 2.26. The van der Waals surface area contributed by atoms with Gasteiger partial charge in [-0.05, 0) is 30.6 Å². The van der Waals surface area contributed by atoms with Crippen molar-refractivity contribution in [3.05, 3.63) is 0 Å². The lowest BCUT2D eigenvalue weighted by molar-refractivity contribution is -0.138. The normalized spacial score (nSPS) is 20.4. The second-order valence-corrected chi connectivity index (χ2v) is 6.29. The molecule has 0 radical (unpaired) electrons. The molecule has 1 aliphatic rings. The molecule has 1 saturated heterocycles. The van der Waals surface area contributed by atoms with Gasteiger partial charge in [0.05, 0.1) is 0 Å². The summed E-state index contributed by atoms with van der Waals surface area (Å²) in [5, 5.41) is 11.9. The van der Waals surface area contributed by atoms with Gasteiger partial charge in [-0.1, -0.05) is 33.6 Å². The summed E-state index contributed by atoms with van der Waals surface area (Å²) in [6, 6.07) is 0.00845. The average molecular weight is 298 g/mol. The van der Waals surface area contributed by atoms with E-state index in [0.717, 1.165) is 38.8 Å². The summed E-state index contributed by atoms with van der Waals surface area (Å²) in [6.07, 6.45) is 4.33. The maximum atomic E-state index is 12.2. The number of urea groups is 1. The Labute approximate surface area is 128 Å². The molecular weight excluding hydrogens is 268 g/mol. The summed E-state index contributed by atoms with van der Waals surface area (Å²) in [5.74, 6) is 0.212. The minimum Gasteiger partial charge on any atom is -0.481 e. The van der Waals surface area contributed by atoms with Gasteiger partial charge in [0.2, 0.25) is 0 Å². The molecule has 2 unspecified atom stereocenters. The Balaban J connectivity index is 2.44. The van der Waals surface area contributed by atoms with Crippen molar-refractivity contribution >= 4 is 12.0 Å². The number of carboxylic acids is 1. The lowest BCUT2D eigenvalue weighted by Crippen LogP contribution is -2.47. The molecule has 0 aromatic heterocycles. The molecule has 5 nitrogen and oxygen atoms in total. The second kappa shape index (κ2) is 8.90. The third-order valence-corrected chi connectivity index (χ3v) is 4.74. The standard InChI is InChI=1S/C16H30N2O3/c1-4-13(5-2)10-17-16(21)18-8-6-7-14(11-18)12(3)9-15(19)20/h12-14H,4-11H2,1-3H3,(H,17,21)(H,19,20). The first-order valence-corrected chi connectivity index (χ1v) is 8.22. The zero-order valence-electron chi connectivity index (χ0n) is 13.6. The summed E-state index contributed by atoms with van der Waals surface area (Å²) in [7, 11) is 0. The first kappa shape index (κ1) is 17.8. The van der Waals surface area contributed by atoms with Gasteiger partial charge >= 0.3 is 12.0 Å². The lowest BCUT2D eigenvalue weighted by Gasteiger charge is -2.35. The maximum Gasteiger partial charge on any atom is 0.317 e. The van der Waals surface area contributed by atoms with E-state index in [4.69, 9.17) is 5.11 Å². The molecule has 0 aromatic rings. The fourth-order valence-corrected chi connectivity index (χ4v) is 3.02. The highest BCUT2D eigenvalue weighted by atomic mass is 16.4. The second-order valence-electron chi connectivity index (χ2n) is 6.29. The van der Waals surface area contributed by atoms with Gasteiger partial charge in [-0.2, -0.15) is 0 Å². The van der Waals surface area contributed by atoms with Gasteiger partial charge in [0.15, 0.2) is 0 Å². The van der Waals surface area contributed by atoms with Crippen LogP contribution in [0.25, 0.3) is 0 Å². The summed E-state index contributed by atoms with van der Waals surface area (Å²) in [4.78, 5) is 24.9. The van der Waals surface area contributed by atoms with Crippen molar-refractivity contribution < 1.29 is 14.7 Å². The van der Waals surface area contributed by atoms with Crippen molar-refractivity contribution in [3.8, 4) is 0 Å². The predicted octanol–water partition coefficient (Wildman–Crippen LogP) is 2.96. The largest absolute Gasteiger partial charge is 0.481 e. The van der Waals surface area contributed by atoms with Gasteiger partial charge in [-0.3, -0.25) is 4.79 Å². The molecule has 1 aliphatic heterocycles. The Kier molecular flexibility index (Phi) is 7.54. The molecule has 2 atom stereocenters. The molecule has 5 heteroatoms. The topological polar surface area (TPSA) is 69.6 Å². The first-order valence-electron chi connectivity index (χ1n) is 8.22. The monoisotopic (exact) mass is 298 g/mol. The van der Waals surface area contributed by atoms with Crippen LogP contribution < -0.4 is 5.32 Å². The van der Waals surface area contributed by atoms with E-state index in [-0.39, 0.29) is 18.4 Å². The number of carboxylic acid groups (broad SMARTS) is 1. The molecule has 2 amide bonds. The fraction of sp³-hybridized carbons (Fsp3) is 0.875. The lowest BCUT2D eigenvalue weighted by atomic mass is 9.85. The van der Waals surface area contributed by atoms with Gasteiger partial charge in [-0.15, -0.1) is 0 Å². The van der Waals surface area contributed by atoms with Crippen molar-refractivity contribution in [2.45, 2.75) is 52.9 Å². The van der Waals surface area contributed by atoms with E-state index < -0.39 is 5.97 Å². The molecule has 0 aromatic carbocycles. The number of nitrogens with one attached hydrogen (secondary N) is 1. The zero-order valence-corrected chi connectivity index (χ0v) is 13.6. The Bertz CT molecular complexity index is 342. The molecule has 1 heterocycles. The molecule has 122 valence electrons. The van der Waals surface area contributed by atoms with Crippen LogP contribution in [0, 0.1) is 17.8 Å². The van der Waals surface area contributed by atoms with Crippen LogP contribution in [0.4, 0.5) is 4.79 Å². The summed E-state index contributed by atoms with van der Waals surface area (Å²) in [5.41, 5.74) is 0. The molecule has 1 fully saturated rings. The van der Waals surface area contributed by atoms with E-state index in [0.29, 0.717) is 18.4 Å². The minimum atomic E-state index is -0.752. The third kappa shape index (κ3) is 5.94. The quantitative estimate of drug-likeness (QED) is 0.759. The minimum absolute atomic E-state index is 0.00845. The van der Waals surface area contributed by atoms with Crippen LogP contribution in [0.3, 0.4) is 0 Å². The smallest absolute Gasteiger partial charge is 0.317 e. The molecule has 0 saturated carbocycles. The van der Waals surface area contributed by atoms with E-state index in [1.165, 1.54) is 0 Å². The van der Waals surface area contributed by atoms with Gasteiger partial charge in [0, 0.05) is 26.1 Å². The van der Waals surface area contributed by atoms with E-state index in [2.05, 4.69) is 19.2 Å². The van der Waals surface area contributed by atoms with E-state index in [1.54, 1.807) is 0 Å². The van der Waals surface area contributed by atoms with Crippen molar-refractivity contribution in [2.24, 2.45) is 17.8 Å². The van der Waals surface area contributed by atoms with Gasteiger partial charge in [-0.25, -0.2) is 4.79 Å². The van der Waals surface area contributed by atoms with Crippen LogP contribution >= 0.6 is 0 Å². The van der Waals surface area contributed by atoms with Crippen molar-refractivity contribution in [1.29, 1.82) is 0 Å². The van der Waals surface area contributed by atoms with Crippen LogP contribution in [0.2, 0.25) is 0 Å². The number of piperidine rings is 1. The molecular formula is C16H30N2O3. The number of nitrogens with zero attached hydrogens (tertiary/aromatic N) is 1. The van der Waals surface area contributed by atoms with Crippen LogP contribution in [0.5, 0.6) is 0 Å². The number of amides is 2. The number of carbonyl (C=O) groups is 2. The van der Waals surface area contributed by atoms with E-state index in [9.17, 15) is 9.59 Å². The van der Waals surface area contributed by atoms with E-state index >= 15 is 0 Å². The molecule has 0 aliphatic carbocycles. The predicted molar refractivity (Wildman–Crippen MR) is 83.2 cm³/mol. The number of hydrogen-bond acceptors (Lipinski definition) is 2. The van der Waals surface area contributed by atoms with Gasteiger partial charge in [0.25, 0.3) is 0 Å². The van der Waals surface area contributed by atoms with Crippen molar-refractivity contribution in [2.75, 3.05) is 19.6 Å². The van der Waals surface area contributed by atoms with Crippen LogP contribution in [-0.2, 0) is 4.79 Å². The summed E-state index contributed by atoms with van der Waals surface area (Å²) >= 11 is 0. The van der Waals surface area contributed by atoms with Gasteiger partial charge in [0.1, 0.15) is 0 Å². The number of rotatable bonds is 7. The first-order chi connectivity index (χ1) is 9.97. The maximum absolute atomic E-state index is 12.2. The Morgan fingerprint density at radius 3 is 2.57 bits per heavy atom. The Morgan fingerprint density at radius 2 is 2.00 bits per heavy atom. The zero-order chi connectivity index (χ0) is 15.8. The van der Waals surface area contributed by atoms with E-state index in [1.807, 2.05) is 11.8 Å². The van der Waals surface area contributed by atoms with Crippen molar-refractivity contribution in [3.63, 3.8) is 0 Å². The summed E-state index contributed by atoms with van der Waals surface area (Å²) < 4.78 is 0. The van der Waals surface area contributed by atoms with Gasteiger partial charge < -0.3 is 15.3 Å². The Morgan fingerprint density at radius 1 is 1.33 bits per heavy atom.